The van der Waals surface area contributed by atoms with Crippen molar-refractivity contribution in [2.45, 2.75) is 53.1 Å². The van der Waals surface area contributed by atoms with Crippen molar-refractivity contribution in [1.82, 2.24) is 20.1 Å². The summed E-state index contributed by atoms with van der Waals surface area (Å²) in [5.74, 6) is 1.09. The molecule has 0 atom stereocenters. The molecule has 2 aliphatic heterocycles. The second kappa shape index (κ2) is 8.69. The van der Waals surface area contributed by atoms with Crippen LogP contribution >= 0.6 is 0 Å². The summed E-state index contributed by atoms with van der Waals surface area (Å²) in [6, 6.07) is 4.31. The standard InChI is InChI=1S/C30H37N5O2/c1-6-25(36)35-17-30(18-35)11-12-34(16-30)28-22(15-37-5)27(20-9-10-29(3,4)13-24(20)32-28)26-19(2)7-8-23-21(26)14-31-33-23/h6-8,14H,1,9-13,15-18H2,2-5H3,(H,31,33). The van der Waals surface area contributed by atoms with E-state index in [4.69, 9.17) is 9.72 Å². The second-order valence-corrected chi connectivity index (χ2v) is 12.1. The van der Waals surface area contributed by atoms with E-state index < -0.39 is 0 Å². The molecule has 7 heteroatoms. The predicted octanol–water partition coefficient (Wildman–Crippen LogP) is 4.82. The number of anilines is 1. The van der Waals surface area contributed by atoms with Gasteiger partial charge < -0.3 is 14.5 Å². The zero-order chi connectivity index (χ0) is 25.9. The first-order chi connectivity index (χ1) is 17.7. The Morgan fingerprint density at radius 2 is 2.03 bits per heavy atom. The molecule has 2 fully saturated rings. The van der Waals surface area contributed by atoms with Gasteiger partial charge in [-0.25, -0.2) is 4.98 Å². The third kappa shape index (κ3) is 3.95. The number of ether oxygens (including phenoxy) is 1. The Balaban J connectivity index is 1.51. The summed E-state index contributed by atoms with van der Waals surface area (Å²) in [6.45, 7) is 14.5. The van der Waals surface area contributed by atoms with Gasteiger partial charge in [0.15, 0.2) is 0 Å². The minimum absolute atomic E-state index is 0.0317. The smallest absolute Gasteiger partial charge is 0.245 e. The molecule has 3 aromatic rings. The SMILES string of the molecule is C=CC(=O)N1CC2(CCN(c3nc4c(c(-c5c(C)ccc6[nH]ncc56)c3COC)CCC(C)(C)C4)C2)C1. The van der Waals surface area contributed by atoms with E-state index >= 15 is 0 Å². The van der Waals surface area contributed by atoms with Crippen molar-refractivity contribution in [3.05, 3.63) is 53.4 Å². The van der Waals surface area contributed by atoms with Crippen molar-refractivity contribution in [2.75, 3.05) is 38.2 Å². The number of amides is 1. The minimum Gasteiger partial charge on any atom is -0.380 e. The fourth-order valence-electron chi connectivity index (χ4n) is 6.85. The molecule has 0 unspecified atom stereocenters. The molecule has 1 aromatic carbocycles. The number of nitrogens with one attached hydrogen (secondary N) is 1. The number of pyridine rings is 1. The number of carbonyl (C=O) groups is 1. The Hall–Kier alpha value is -3.19. The number of benzene rings is 1. The first-order valence-corrected chi connectivity index (χ1v) is 13.4. The molecule has 1 N–H and O–H groups in total. The van der Waals surface area contributed by atoms with Gasteiger partial charge in [-0.2, -0.15) is 5.10 Å². The van der Waals surface area contributed by atoms with Gasteiger partial charge in [0.2, 0.25) is 5.91 Å². The Morgan fingerprint density at radius 1 is 1.22 bits per heavy atom. The lowest BCUT2D eigenvalue weighted by molar-refractivity contribution is -0.136. The average Bonchev–Trinajstić information content (AvgIpc) is 3.50. The summed E-state index contributed by atoms with van der Waals surface area (Å²) < 4.78 is 5.86. The number of aryl methyl sites for hydroxylation is 1. The highest BCUT2D eigenvalue weighted by molar-refractivity contribution is 5.99. The highest BCUT2D eigenvalue weighted by atomic mass is 16.5. The van der Waals surface area contributed by atoms with Crippen LogP contribution in [0.1, 0.15) is 49.1 Å². The Morgan fingerprint density at radius 3 is 2.78 bits per heavy atom. The number of H-pyrrole nitrogens is 1. The van der Waals surface area contributed by atoms with Crippen molar-refractivity contribution >= 4 is 22.6 Å². The Labute approximate surface area is 218 Å². The van der Waals surface area contributed by atoms with E-state index in [0.29, 0.717) is 6.61 Å². The van der Waals surface area contributed by atoms with Gasteiger partial charge in [-0.05, 0) is 72.4 Å². The van der Waals surface area contributed by atoms with Crippen molar-refractivity contribution in [1.29, 1.82) is 0 Å². The third-order valence-corrected chi connectivity index (χ3v) is 8.81. The van der Waals surface area contributed by atoms with Gasteiger partial charge in [0.1, 0.15) is 5.82 Å². The molecule has 4 heterocycles. The van der Waals surface area contributed by atoms with Crippen LogP contribution in [0, 0.1) is 17.8 Å². The normalized spacial score (nSPS) is 19.8. The Bertz CT molecular complexity index is 1400. The molecule has 1 amide bonds. The lowest BCUT2D eigenvalue weighted by Gasteiger charge is -2.47. The van der Waals surface area contributed by atoms with Crippen molar-refractivity contribution in [3.8, 4) is 11.1 Å². The lowest BCUT2D eigenvalue weighted by atomic mass is 9.73. The maximum Gasteiger partial charge on any atom is 0.245 e. The van der Waals surface area contributed by atoms with Crippen LogP contribution < -0.4 is 4.90 Å². The number of hydrogen-bond acceptors (Lipinski definition) is 5. The number of aromatic amines is 1. The molecule has 2 saturated heterocycles. The molecular weight excluding hydrogens is 462 g/mol. The minimum atomic E-state index is 0.0317. The van der Waals surface area contributed by atoms with Gasteiger partial charge in [-0.1, -0.05) is 26.5 Å². The van der Waals surface area contributed by atoms with Crippen LogP contribution in [-0.2, 0) is 29.0 Å². The van der Waals surface area contributed by atoms with Gasteiger partial charge >= 0.3 is 0 Å². The van der Waals surface area contributed by atoms with Gasteiger partial charge in [-0.3, -0.25) is 9.89 Å². The topological polar surface area (TPSA) is 74.4 Å². The van der Waals surface area contributed by atoms with Gasteiger partial charge in [-0.15, -0.1) is 0 Å². The van der Waals surface area contributed by atoms with Gasteiger partial charge in [0.25, 0.3) is 0 Å². The molecule has 3 aliphatic rings. The summed E-state index contributed by atoms with van der Waals surface area (Å²) in [4.78, 5) is 21.9. The quantitative estimate of drug-likeness (QED) is 0.510. The zero-order valence-electron chi connectivity index (χ0n) is 22.5. The maximum absolute atomic E-state index is 12.1. The van der Waals surface area contributed by atoms with E-state index in [1.165, 1.54) is 39.6 Å². The fraction of sp³-hybridized carbons (Fsp3) is 0.500. The molecule has 0 saturated carbocycles. The highest BCUT2D eigenvalue weighted by Gasteiger charge is 2.49. The van der Waals surface area contributed by atoms with E-state index in [1.807, 2.05) is 11.1 Å². The maximum atomic E-state index is 12.1. The first-order valence-electron chi connectivity index (χ1n) is 13.4. The predicted molar refractivity (Wildman–Crippen MR) is 147 cm³/mol. The summed E-state index contributed by atoms with van der Waals surface area (Å²) in [7, 11) is 1.78. The van der Waals surface area contributed by atoms with E-state index in [9.17, 15) is 4.79 Å². The van der Waals surface area contributed by atoms with Crippen LogP contribution in [0.2, 0.25) is 0 Å². The van der Waals surface area contributed by atoms with Crippen LogP contribution in [0.5, 0.6) is 0 Å². The summed E-state index contributed by atoms with van der Waals surface area (Å²) in [6.07, 6.45) is 7.57. The summed E-state index contributed by atoms with van der Waals surface area (Å²) >= 11 is 0. The number of fused-ring (bicyclic) bond motifs is 2. The van der Waals surface area contributed by atoms with Crippen molar-refractivity contribution < 1.29 is 9.53 Å². The van der Waals surface area contributed by atoms with Crippen LogP contribution in [0.4, 0.5) is 5.82 Å². The molecule has 194 valence electrons. The largest absolute Gasteiger partial charge is 0.380 e. The van der Waals surface area contributed by atoms with Gasteiger partial charge in [0.05, 0.1) is 18.3 Å². The van der Waals surface area contributed by atoms with E-state index in [-0.39, 0.29) is 16.7 Å². The van der Waals surface area contributed by atoms with Gasteiger partial charge in [0, 0.05) is 55.3 Å². The molecule has 6 rings (SSSR count). The van der Waals surface area contributed by atoms with Crippen LogP contribution in [0.3, 0.4) is 0 Å². The van der Waals surface area contributed by atoms with Crippen LogP contribution in [0.25, 0.3) is 22.0 Å². The first kappa shape index (κ1) is 24.2. The fourth-order valence-corrected chi connectivity index (χ4v) is 6.85. The number of nitrogens with zero attached hydrogens (tertiary/aromatic N) is 4. The van der Waals surface area contributed by atoms with E-state index in [1.54, 1.807) is 7.11 Å². The molecule has 1 spiro atoms. The monoisotopic (exact) mass is 499 g/mol. The average molecular weight is 500 g/mol. The summed E-state index contributed by atoms with van der Waals surface area (Å²) in [5, 5.41) is 8.70. The molecule has 0 bridgehead atoms. The molecule has 1 aliphatic carbocycles. The molecule has 7 nitrogen and oxygen atoms in total. The number of rotatable bonds is 5. The molecular formula is C30H37N5O2. The zero-order valence-corrected chi connectivity index (χ0v) is 22.5. The number of carbonyl (C=O) groups excluding carboxylic acids is 1. The van der Waals surface area contributed by atoms with E-state index in [2.05, 4.69) is 54.6 Å². The van der Waals surface area contributed by atoms with E-state index in [0.717, 1.165) is 68.6 Å². The number of likely N-dealkylation sites (tertiary alicyclic amines) is 1. The molecule has 2 aromatic heterocycles. The molecule has 0 radical (unpaired) electrons. The second-order valence-electron chi connectivity index (χ2n) is 12.1. The molecule has 37 heavy (non-hydrogen) atoms. The number of hydrogen-bond donors (Lipinski definition) is 1. The van der Waals surface area contributed by atoms with Crippen LogP contribution in [-0.4, -0.2) is 59.3 Å². The third-order valence-electron chi connectivity index (χ3n) is 8.81. The number of aromatic nitrogens is 3. The van der Waals surface area contributed by atoms with Crippen LogP contribution in [0.15, 0.2) is 31.0 Å². The number of methoxy groups -OCH3 is 1. The summed E-state index contributed by atoms with van der Waals surface area (Å²) in [5.41, 5.74) is 8.96. The highest BCUT2D eigenvalue weighted by Crippen LogP contribution is 2.47. The van der Waals surface area contributed by atoms with Crippen molar-refractivity contribution in [2.24, 2.45) is 10.8 Å². The van der Waals surface area contributed by atoms with Crippen molar-refractivity contribution in [3.63, 3.8) is 0 Å². The Kier molecular flexibility index (Phi) is 5.68. The lowest BCUT2D eigenvalue weighted by Crippen LogP contribution is -2.59.